The quantitative estimate of drug-likeness (QED) is 0.806. The van der Waals surface area contributed by atoms with Gasteiger partial charge in [0, 0.05) is 24.2 Å². The molecule has 1 aliphatic heterocycles. The molecule has 1 saturated heterocycles. The molecule has 1 aromatic carbocycles. The highest BCUT2D eigenvalue weighted by Gasteiger charge is 2.54. The number of anilines is 1. The van der Waals surface area contributed by atoms with Crippen LogP contribution in [-0.2, 0) is 4.74 Å². The maximum atomic E-state index is 11.9. The summed E-state index contributed by atoms with van der Waals surface area (Å²) in [4.78, 5) is 13.8. The van der Waals surface area contributed by atoms with Gasteiger partial charge in [0.15, 0.2) is 0 Å². The molecule has 4 heteroatoms. The Morgan fingerprint density at radius 1 is 1.24 bits per heavy atom. The summed E-state index contributed by atoms with van der Waals surface area (Å²) in [6.07, 6.45) is 2.15. The number of nitrogens with two attached hydrogens (primary N) is 1. The minimum Gasteiger partial charge on any atom is -0.444 e. The van der Waals surface area contributed by atoms with Crippen LogP contribution in [-0.4, -0.2) is 29.7 Å². The van der Waals surface area contributed by atoms with Gasteiger partial charge in [-0.15, -0.1) is 0 Å². The van der Waals surface area contributed by atoms with E-state index in [1.54, 1.807) is 0 Å². The fourth-order valence-electron chi connectivity index (χ4n) is 3.47. The number of likely N-dealkylation sites (tertiary alicyclic amines) is 1. The van der Waals surface area contributed by atoms with Crippen LogP contribution in [0.4, 0.5) is 10.5 Å². The molecule has 1 aliphatic carbocycles. The number of nitrogens with zero attached hydrogens (tertiary/aromatic N) is 1. The van der Waals surface area contributed by atoms with Crippen LogP contribution >= 0.6 is 0 Å². The topological polar surface area (TPSA) is 55.6 Å². The van der Waals surface area contributed by atoms with E-state index in [1.807, 2.05) is 37.8 Å². The number of benzene rings is 1. The van der Waals surface area contributed by atoms with E-state index in [-0.39, 0.29) is 6.09 Å². The van der Waals surface area contributed by atoms with E-state index in [0.717, 1.165) is 31.6 Å². The van der Waals surface area contributed by atoms with Crippen molar-refractivity contribution in [3.05, 3.63) is 29.8 Å². The molecule has 2 N–H and O–H groups in total. The number of hydrogen-bond donors (Lipinski definition) is 1. The van der Waals surface area contributed by atoms with Crippen molar-refractivity contribution in [2.75, 3.05) is 18.8 Å². The third-order valence-corrected chi connectivity index (χ3v) is 4.47. The third-order valence-electron chi connectivity index (χ3n) is 4.47. The molecule has 0 bridgehead atoms. The smallest absolute Gasteiger partial charge is 0.410 e. The number of carbonyl (C=O) groups excluding carboxylic acids is 1. The molecule has 1 amide bonds. The van der Waals surface area contributed by atoms with Gasteiger partial charge in [-0.1, -0.05) is 12.1 Å². The average molecular weight is 288 g/mol. The molecule has 1 heterocycles. The van der Waals surface area contributed by atoms with Crippen LogP contribution in [0.2, 0.25) is 0 Å². The molecule has 2 aliphatic rings. The van der Waals surface area contributed by atoms with Crippen molar-refractivity contribution in [1.82, 2.24) is 4.90 Å². The third kappa shape index (κ3) is 2.85. The molecule has 0 aromatic heterocycles. The summed E-state index contributed by atoms with van der Waals surface area (Å²) in [6.45, 7) is 7.39. The average Bonchev–Trinajstić information content (AvgIpc) is 2.25. The zero-order valence-electron chi connectivity index (χ0n) is 13.1. The first-order valence-corrected chi connectivity index (χ1v) is 7.60. The van der Waals surface area contributed by atoms with Crippen LogP contribution in [0.5, 0.6) is 0 Å². The SMILES string of the molecule is CC(C)(C)OC(=O)N1CC2(CC(c3ccc(N)cc3)C2)C1. The van der Waals surface area contributed by atoms with E-state index in [0.29, 0.717) is 11.3 Å². The highest BCUT2D eigenvalue weighted by atomic mass is 16.6. The van der Waals surface area contributed by atoms with Crippen molar-refractivity contribution in [3.8, 4) is 0 Å². The Hall–Kier alpha value is -1.71. The highest BCUT2D eigenvalue weighted by molar-refractivity contribution is 5.69. The maximum Gasteiger partial charge on any atom is 0.410 e. The van der Waals surface area contributed by atoms with Gasteiger partial charge in [-0.3, -0.25) is 0 Å². The van der Waals surface area contributed by atoms with Crippen molar-refractivity contribution < 1.29 is 9.53 Å². The summed E-state index contributed by atoms with van der Waals surface area (Å²) >= 11 is 0. The Kier molecular flexibility index (Phi) is 3.15. The van der Waals surface area contributed by atoms with E-state index in [2.05, 4.69) is 12.1 Å². The van der Waals surface area contributed by atoms with E-state index in [1.165, 1.54) is 5.56 Å². The number of amides is 1. The van der Waals surface area contributed by atoms with Crippen molar-refractivity contribution in [2.45, 2.75) is 45.1 Å². The normalized spacial score (nSPS) is 20.8. The first-order chi connectivity index (χ1) is 9.76. The van der Waals surface area contributed by atoms with Gasteiger partial charge in [-0.2, -0.15) is 0 Å². The minimum atomic E-state index is -0.411. The summed E-state index contributed by atoms with van der Waals surface area (Å²) in [5.74, 6) is 0.617. The van der Waals surface area contributed by atoms with Gasteiger partial charge >= 0.3 is 6.09 Å². The Balaban J connectivity index is 1.50. The molecule has 21 heavy (non-hydrogen) atoms. The van der Waals surface area contributed by atoms with E-state index >= 15 is 0 Å². The summed E-state index contributed by atoms with van der Waals surface area (Å²) < 4.78 is 5.40. The van der Waals surface area contributed by atoms with Crippen LogP contribution in [0.1, 0.15) is 45.1 Å². The van der Waals surface area contributed by atoms with Crippen molar-refractivity contribution in [3.63, 3.8) is 0 Å². The van der Waals surface area contributed by atoms with E-state index in [4.69, 9.17) is 10.5 Å². The fraction of sp³-hybridized carbons (Fsp3) is 0.588. The Morgan fingerprint density at radius 3 is 2.33 bits per heavy atom. The lowest BCUT2D eigenvalue weighted by Gasteiger charge is -2.58. The van der Waals surface area contributed by atoms with Crippen LogP contribution in [0.3, 0.4) is 0 Å². The first kappa shape index (κ1) is 14.2. The molecule has 0 radical (unpaired) electrons. The molecular formula is C17H24N2O2. The number of rotatable bonds is 1. The van der Waals surface area contributed by atoms with Gasteiger partial charge in [0.2, 0.25) is 0 Å². The molecule has 1 spiro atoms. The number of hydrogen-bond acceptors (Lipinski definition) is 3. The first-order valence-electron chi connectivity index (χ1n) is 7.60. The van der Waals surface area contributed by atoms with Crippen LogP contribution in [0.15, 0.2) is 24.3 Å². The molecule has 1 aromatic rings. The number of ether oxygens (including phenoxy) is 1. The zero-order chi connectivity index (χ0) is 15.3. The van der Waals surface area contributed by atoms with Crippen LogP contribution in [0, 0.1) is 5.41 Å². The minimum absolute atomic E-state index is 0.177. The zero-order valence-corrected chi connectivity index (χ0v) is 13.1. The molecule has 2 fully saturated rings. The maximum absolute atomic E-state index is 11.9. The number of nitrogen functional groups attached to an aromatic ring is 1. The van der Waals surface area contributed by atoms with Crippen molar-refractivity contribution in [2.24, 2.45) is 5.41 Å². The largest absolute Gasteiger partial charge is 0.444 e. The van der Waals surface area contributed by atoms with Crippen LogP contribution < -0.4 is 5.73 Å². The number of carbonyl (C=O) groups is 1. The molecule has 114 valence electrons. The molecule has 1 saturated carbocycles. The lowest BCUT2D eigenvalue weighted by atomic mass is 9.56. The second-order valence-electron chi connectivity index (χ2n) is 7.61. The van der Waals surface area contributed by atoms with Gasteiger partial charge in [-0.05, 0) is 57.2 Å². The molecule has 0 atom stereocenters. The molecule has 3 rings (SSSR count). The van der Waals surface area contributed by atoms with Crippen LogP contribution in [0.25, 0.3) is 0 Å². The molecule has 0 unspecified atom stereocenters. The Bertz CT molecular complexity index is 531. The van der Waals surface area contributed by atoms with Crippen molar-refractivity contribution in [1.29, 1.82) is 0 Å². The predicted octanol–water partition coefficient (Wildman–Crippen LogP) is 3.38. The van der Waals surface area contributed by atoms with Crippen molar-refractivity contribution >= 4 is 11.8 Å². The summed E-state index contributed by atoms with van der Waals surface area (Å²) in [7, 11) is 0. The lowest BCUT2D eigenvalue weighted by molar-refractivity contribution is -0.0786. The predicted molar refractivity (Wildman–Crippen MR) is 83.1 cm³/mol. The monoisotopic (exact) mass is 288 g/mol. The Labute approximate surface area is 126 Å². The van der Waals surface area contributed by atoms with Gasteiger partial charge < -0.3 is 15.4 Å². The van der Waals surface area contributed by atoms with Gasteiger partial charge in [0.1, 0.15) is 5.60 Å². The van der Waals surface area contributed by atoms with E-state index < -0.39 is 5.60 Å². The van der Waals surface area contributed by atoms with Gasteiger partial charge in [0.05, 0.1) is 0 Å². The second-order valence-corrected chi connectivity index (χ2v) is 7.61. The van der Waals surface area contributed by atoms with Gasteiger partial charge in [-0.25, -0.2) is 4.79 Å². The Morgan fingerprint density at radius 2 is 1.81 bits per heavy atom. The van der Waals surface area contributed by atoms with Gasteiger partial charge in [0.25, 0.3) is 0 Å². The highest BCUT2D eigenvalue weighted by Crippen LogP contribution is 2.56. The molecule has 4 nitrogen and oxygen atoms in total. The second kappa shape index (κ2) is 4.65. The summed E-state index contributed by atoms with van der Waals surface area (Å²) in [5.41, 5.74) is 7.83. The summed E-state index contributed by atoms with van der Waals surface area (Å²) in [5, 5.41) is 0. The standard InChI is InChI=1S/C17H24N2O2/c1-16(2,3)21-15(20)19-10-17(11-19)8-13(9-17)12-4-6-14(18)7-5-12/h4-7,13H,8-11,18H2,1-3H3. The van der Waals surface area contributed by atoms with E-state index in [9.17, 15) is 4.79 Å². The lowest BCUT2D eigenvalue weighted by Crippen LogP contribution is -2.63. The summed E-state index contributed by atoms with van der Waals surface area (Å²) in [6, 6.07) is 8.18. The fourth-order valence-corrected chi connectivity index (χ4v) is 3.47. The molecular weight excluding hydrogens is 264 g/mol.